The molecule has 3 heteroatoms. The van der Waals surface area contributed by atoms with Gasteiger partial charge in [0, 0.05) is 0 Å². The van der Waals surface area contributed by atoms with Crippen LogP contribution in [0.5, 0.6) is 0 Å². The fraction of sp³-hybridized carbons (Fsp3) is 0.0769. The second-order valence-corrected chi connectivity index (χ2v) is 9.14. The minimum absolute atomic E-state index is 1.23. The van der Waals surface area contributed by atoms with Crippen molar-refractivity contribution in [3.05, 3.63) is 60.7 Å². The maximum absolute atomic E-state index is 5.77. The Bertz CT molecular complexity index is 452. The van der Waals surface area contributed by atoms with E-state index in [0.717, 1.165) is 0 Å². The molecule has 16 heavy (non-hydrogen) atoms. The molecule has 0 heterocycles. The molecule has 0 atom stereocenters. The second-order valence-electron chi connectivity index (χ2n) is 3.41. The first-order valence-corrected chi connectivity index (χ1v) is 8.97. The van der Waals surface area contributed by atoms with E-state index in [2.05, 4.69) is 39.4 Å². The van der Waals surface area contributed by atoms with Crippen molar-refractivity contribution in [2.45, 2.75) is 0 Å². The normalized spacial score (nSPS) is 11.3. The number of benzene rings is 2. The van der Waals surface area contributed by atoms with Gasteiger partial charge in [-0.3, -0.25) is 0 Å². The first kappa shape index (κ1) is 11.8. The van der Waals surface area contributed by atoms with Gasteiger partial charge in [-0.05, 0) is 0 Å². The molecule has 0 bridgehead atoms. The fourth-order valence-electron chi connectivity index (χ4n) is 1.61. The van der Waals surface area contributed by atoms with E-state index < -0.39 is 5.74 Å². The molecule has 0 N–H and O–H groups in total. The Labute approximate surface area is 104 Å². The second kappa shape index (κ2) is 5.12. The van der Waals surface area contributed by atoms with E-state index in [1.807, 2.05) is 36.4 Å². The third-order valence-corrected chi connectivity index (χ3v) is 8.51. The van der Waals surface area contributed by atoms with Gasteiger partial charge in [0.1, 0.15) is 0 Å². The molecule has 0 aliphatic rings. The summed E-state index contributed by atoms with van der Waals surface area (Å²) in [6, 6.07) is 20.7. The van der Waals surface area contributed by atoms with Crippen LogP contribution in [0, 0.1) is 0 Å². The molecule has 2 aromatic carbocycles. The number of hydrogen-bond acceptors (Lipinski definition) is 1. The number of rotatable bonds is 3. The Kier molecular flexibility index (Phi) is 3.78. The SMILES string of the molecule is COP(=[Se])(c1ccccc1)c1ccccc1. The first-order chi connectivity index (χ1) is 7.77. The number of hydrogen-bond donors (Lipinski definition) is 0. The molecule has 0 aliphatic carbocycles. The van der Waals surface area contributed by atoms with E-state index >= 15 is 0 Å². The minimum atomic E-state index is -1.78. The van der Waals surface area contributed by atoms with Crippen molar-refractivity contribution in [2.75, 3.05) is 7.11 Å². The van der Waals surface area contributed by atoms with Gasteiger partial charge in [-0.1, -0.05) is 0 Å². The Morgan fingerprint density at radius 2 is 1.19 bits per heavy atom. The third-order valence-electron chi connectivity index (χ3n) is 2.45. The Balaban J connectivity index is 2.54. The standard InChI is InChI=1S/C13H13OPSe/c1-14-15(16,12-8-4-2-5-9-12)13-10-6-3-7-11-13/h2-11H,1H3. The van der Waals surface area contributed by atoms with Crippen LogP contribution in [0.1, 0.15) is 0 Å². The Morgan fingerprint density at radius 1 is 0.812 bits per heavy atom. The van der Waals surface area contributed by atoms with Crippen molar-refractivity contribution in [3.8, 4) is 0 Å². The third kappa shape index (κ3) is 2.21. The summed E-state index contributed by atoms with van der Waals surface area (Å²) in [6.45, 7) is 0. The summed E-state index contributed by atoms with van der Waals surface area (Å²) in [5.74, 6) is 0. The van der Waals surface area contributed by atoms with Gasteiger partial charge in [-0.25, -0.2) is 0 Å². The average molecular weight is 295 g/mol. The van der Waals surface area contributed by atoms with Crippen molar-refractivity contribution < 1.29 is 4.52 Å². The maximum atomic E-state index is 5.77. The zero-order valence-electron chi connectivity index (χ0n) is 9.04. The summed E-state index contributed by atoms with van der Waals surface area (Å²) in [5, 5.41) is 2.45. The van der Waals surface area contributed by atoms with Crippen LogP contribution in [0.15, 0.2) is 60.7 Å². The van der Waals surface area contributed by atoms with Crippen LogP contribution in [-0.4, -0.2) is 22.2 Å². The van der Waals surface area contributed by atoms with Crippen LogP contribution in [0.3, 0.4) is 0 Å². The molecule has 0 unspecified atom stereocenters. The molecule has 0 aromatic heterocycles. The Morgan fingerprint density at radius 3 is 1.50 bits per heavy atom. The van der Waals surface area contributed by atoms with Crippen LogP contribution in [-0.2, 0) is 4.52 Å². The summed E-state index contributed by atoms with van der Waals surface area (Å²) in [7, 11) is 1.77. The quantitative estimate of drug-likeness (QED) is 0.623. The van der Waals surface area contributed by atoms with Gasteiger partial charge in [-0.2, -0.15) is 0 Å². The summed E-state index contributed by atoms with van der Waals surface area (Å²) >= 11 is 3.26. The molecule has 0 saturated heterocycles. The van der Waals surface area contributed by atoms with E-state index in [9.17, 15) is 0 Å². The predicted molar refractivity (Wildman–Crippen MR) is 71.8 cm³/mol. The molecule has 0 fully saturated rings. The van der Waals surface area contributed by atoms with Crippen LogP contribution < -0.4 is 10.6 Å². The van der Waals surface area contributed by atoms with Crippen molar-refractivity contribution >= 4 is 31.4 Å². The first-order valence-electron chi connectivity index (χ1n) is 5.04. The monoisotopic (exact) mass is 296 g/mol. The molecular formula is C13H13OPSe. The molecule has 0 aliphatic heterocycles. The van der Waals surface area contributed by atoms with Gasteiger partial charge in [0.2, 0.25) is 0 Å². The molecule has 0 amide bonds. The fourth-order valence-corrected chi connectivity index (χ4v) is 4.99. The van der Waals surface area contributed by atoms with Gasteiger partial charge in [0.15, 0.2) is 0 Å². The molecule has 0 radical (unpaired) electrons. The molecule has 82 valence electrons. The van der Waals surface area contributed by atoms with Crippen LogP contribution in [0.25, 0.3) is 0 Å². The molecule has 1 nitrogen and oxygen atoms in total. The Hall–Kier alpha value is -0.651. The van der Waals surface area contributed by atoms with Crippen LogP contribution in [0.2, 0.25) is 0 Å². The molecule has 0 spiro atoms. The topological polar surface area (TPSA) is 9.23 Å². The summed E-state index contributed by atoms with van der Waals surface area (Å²) in [4.78, 5) is 0. The molecule has 2 aromatic rings. The predicted octanol–water partition coefficient (Wildman–Crippen LogP) is 2.30. The summed E-state index contributed by atoms with van der Waals surface area (Å²) in [6.07, 6.45) is 0. The van der Waals surface area contributed by atoms with Gasteiger partial charge in [0.25, 0.3) is 0 Å². The van der Waals surface area contributed by atoms with E-state index in [4.69, 9.17) is 4.52 Å². The summed E-state index contributed by atoms with van der Waals surface area (Å²) < 4.78 is 5.77. The van der Waals surface area contributed by atoms with Gasteiger partial charge in [-0.15, -0.1) is 0 Å². The molecule has 2 rings (SSSR count). The molecular weight excluding hydrogens is 282 g/mol. The van der Waals surface area contributed by atoms with Gasteiger partial charge < -0.3 is 0 Å². The van der Waals surface area contributed by atoms with E-state index in [1.54, 1.807) is 7.11 Å². The van der Waals surface area contributed by atoms with Gasteiger partial charge >= 0.3 is 104 Å². The van der Waals surface area contributed by atoms with Crippen molar-refractivity contribution in [1.82, 2.24) is 0 Å². The van der Waals surface area contributed by atoms with Gasteiger partial charge in [0.05, 0.1) is 0 Å². The van der Waals surface area contributed by atoms with Crippen molar-refractivity contribution in [3.63, 3.8) is 0 Å². The van der Waals surface area contributed by atoms with E-state index in [1.165, 1.54) is 10.6 Å². The van der Waals surface area contributed by atoms with Crippen molar-refractivity contribution in [2.24, 2.45) is 0 Å². The van der Waals surface area contributed by atoms with E-state index in [0.29, 0.717) is 0 Å². The zero-order chi connectivity index (χ0) is 11.4. The van der Waals surface area contributed by atoms with E-state index in [-0.39, 0.29) is 0 Å². The zero-order valence-corrected chi connectivity index (χ0v) is 11.6. The molecule has 0 saturated carbocycles. The van der Waals surface area contributed by atoms with Crippen LogP contribution in [0.4, 0.5) is 0 Å². The summed E-state index contributed by atoms with van der Waals surface area (Å²) in [5.41, 5.74) is -1.78. The van der Waals surface area contributed by atoms with Crippen molar-refractivity contribution in [1.29, 1.82) is 0 Å². The van der Waals surface area contributed by atoms with Crippen LogP contribution >= 0.6 is 5.74 Å². The average Bonchev–Trinajstić information content (AvgIpc) is 2.40.